The molecule has 0 spiro atoms. The molecule has 23 heavy (non-hydrogen) atoms. The van der Waals surface area contributed by atoms with Gasteiger partial charge in [0.15, 0.2) is 5.78 Å². The van der Waals surface area contributed by atoms with Crippen LogP contribution < -0.4 is 5.11 Å². The van der Waals surface area contributed by atoms with E-state index in [1.54, 1.807) is 0 Å². The lowest BCUT2D eigenvalue weighted by Gasteiger charge is -2.30. The summed E-state index contributed by atoms with van der Waals surface area (Å²) in [5, 5.41) is 10.4. The molecule has 0 fully saturated rings. The number of ketones is 1. The van der Waals surface area contributed by atoms with Crippen LogP contribution in [0.15, 0.2) is 12.2 Å². The molecule has 2 nitrogen and oxygen atoms in total. The minimum Gasteiger partial charge on any atom is -0.854 e. The van der Waals surface area contributed by atoms with Gasteiger partial charge in [0.2, 0.25) is 0 Å². The van der Waals surface area contributed by atoms with Crippen LogP contribution in [-0.4, -0.2) is 36.5 Å². The normalized spacial score (nSPS) is 13.1. The van der Waals surface area contributed by atoms with Gasteiger partial charge in [0, 0.05) is 7.26 Å². The van der Waals surface area contributed by atoms with E-state index in [4.69, 9.17) is 0 Å². The zero-order valence-corrected chi connectivity index (χ0v) is 16.9. The van der Waals surface area contributed by atoms with Crippen molar-refractivity contribution in [2.45, 2.75) is 84.7 Å². The monoisotopic (exact) mass is 342 g/mol. The smallest absolute Gasteiger partial charge is 0.197 e. The molecule has 0 N–H and O–H groups in total. The molecule has 0 heterocycles. The molecule has 0 bridgehead atoms. The molecular formula is C20H39O2P. The average molecular weight is 343 g/mol. The van der Waals surface area contributed by atoms with Gasteiger partial charge in [-0.25, -0.2) is 0 Å². The molecule has 1 atom stereocenters. The van der Waals surface area contributed by atoms with E-state index < -0.39 is 7.26 Å². The van der Waals surface area contributed by atoms with Gasteiger partial charge in [-0.3, -0.25) is 4.79 Å². The van der Waals surface area contributed by atoms with Crippen molar-refractivity contribution in [3.63, 3.8) is 0 Å². The Hall–Kier alpha value is -0.200. The summed E-state index contributed by atoms with van der Waals surface area (Å²) in [5.74, 6) is 0.292. The highest BCUT2D eigenvalue weighted by atomic mass is 31.2. The van der Waals surface area contributed by atoms with Crippen LogP contribution in [0.4, 0.5) is 0 Å². The third kappa shape index (κ3) is 8.45. The molecule has 0 aliphatic rings. The van der Waals surface area contributed by atoms with Crippen molar-refractivity contribution in [3.8, 4) is 0 Å². The van der Waals surface area contributed by atoms with Crippen molar-refractivity contribution in [2.75, 3.05) is 25.1 Å². The van der Waals surface area contributed by atoms with Gasteiger partial charge in [0.05, 0.1) is 18.5 Å². The maximum absolute atomic E-state index is 12.4. The van der Waals surface area contributed by atoms with Crippen LogP contribution in [0.2, 0.25) is 0 Å². The SMILES string of the molecule is C=C(C)C(=O)C(C)[P+](CC)(CC)CCCCCCCCCC[O-]. The molecule has 0 amide bonds. The van der Waals surface area contributed by atoms with Crippen LogP contribution in [-0.2, 0) is 4.79 Å². The first-order valence-electron chi connectivity index (χ1n) is 9.58. The van der Waals surface area contributed by atoms with Gasteiger partial charge in [-0.15, -0.1) is 6.61 Å². The Balaban J connectivity index is 4.14. The Morgan fingerprint density at radius 3 is 1.78 bits per heavy atom. The van der Waals surface area contributed by atoms with Crippen LogP contribution in [0.1, 0.15) is 79.1 Å². The van der Waals surface area contributed by atoms with E-state index in [1.807, 2.05) is 6.92 Å². The highest BCUT2D eigenvalue weighted by molar-refractivity contribution is 7.77. The third-order valence-corrected chi connectivity index (χ3v) is 11.0. The molecule has 1 unspecified atom stereocenters. The molecule has 0 aromatic rings. The fraction of sp³-hybridized carbons (Fsp3) is 0.850. The Labute approximate surface area is 145 Å². The van der Waals surface area contributed by atoms with E-state index in [1.165, 1.54) is 57.0 Å². The first-order chi connectivity index (χ1) is 10.9. The molecule has 0 radical (unpaired) electrons. The van der Waals surface area contributed by atoms with E-state index >= 15 is 0 Å². The van der Waals surface area contributed by atoms with E-state index in [0.717, 1.165) is 18.4 Å². The molecule has 0 rings (SSSR count). The second-order valence-electron chi connectivity index (χ2n) is 6.93. The summed E-state index contributed by atoms with van der Waals surface area (Å²) in [6.45, 7) is 12.5. The molecule has 0 saturated heterocycles. The molecule has 0 saturated carbocycles. The van der Waals surface area contributed by atoms with Gasteiger partial charge < -0.3 is 5.11 Å². The summed E-state index contributed by atoms with van der Waals surface area (Å²) in [7, 11) is -1.17. The van der Waals surface area contributed by atoms with Crippen molar-refractivity contribution in [1.82, 2.24) is 0 Å². The molecule has 0 aliphatic carbocycles. The lowest BCUT2D eigenvalue weighted by Crippen LogP contribution is -2.26. The van der Waals surface area contributed by atoms with Crippen LogP contribution in [0.25, 0.3) is 0 Å². The van der Waals surface area contributed by atoms with E-state index in [9.17, 15) is 9.90 Å². The number of unbranched alkanes of at least 4 members (excludes halogenated alkanes) is 7. The summed E-state index contributed by atoms with van der Waals surface area (Å²) in [6, 6.07) is 0. The zero-order chi connectivity index (χ0) is 17.7. The third-order valence-electron chi connectivity index (χ3n) is 5.38. The summed E-state index contributed by atoms with van der Waals surface area (Å²) in [5.41, 5.74) is 0.920. The van der Waals surface area contributed by atoms with Crippen molar-refractivity contribution in [1.29, 1.82) is 0 Å². The lowest BCUT2D eigenvalue weighted by atomic mass is 10.1. The number of carbonyl (C=O) groups excluding carboxylic acids is 1. The van der Waals surface area contributed by atoms with Crippen molar-refractivity contribution in [3.05, 3.63) is 12.2 Å². The van der Waals surface area contributed by atoms with Gasteiger partial charge in [-0.1, -0.05) is 45.1 Å². The standard InChI is InChI=1S/C20H39O2P/c1-6-23(7-2,19(5)20(22)18(3)4)17-15-13-11-9-8-10-12-14-16-21/h19H,3,6-17H2,1-2,4-5H3. The Morgan fingerprint density at radius 1 is 0.957 bits per heavy atom. The zero-order valence-electron chi connectivity index (χ0n) is 16.0. The van der Waals surface area contributed by atoms with Gasteiger partial charge in [-0.05, 0) is 46.1 Å². The second kappa shape index (κ2) is 13.1. The number of rotatable bonds is 15. The van der Waals surface area contributed by atoms with Crippen LogP contribution in [0, 0.1) is 0 Å². The minimum absolute atomic E-state index is 0.0842. The quantitative estimate of drug-likeness (QED) is 0.237. The number of hydrogen-bond acceptors (Lipinski definition) is 2. The fourth-order valence-corrected chi connectivity index (χ4v) is 7.61. The first kappa shape index (κ1) is 22.8. The molecular weight excluding hydrogens is 303 g/mol. The number of allylic oxidation sites excluding steroid dienone is 1. The summed E-state index contributed by atoms with van der Waals surface area (Å²) in [6.07, 6.45) is 13.2. The lowest BCUT2D eigenvalue weighted by molar-refractivity contribution is -0.368. The Morgan fingerprint density at radius 2 is 1.39 bits per heavy atom. The molecule has 0 aromatic carbocycles. The van der Waals surface area contributed by atoms with Crippen LogP contribution in [0.3, 0.4) is 0 Å². The predicted molar refractivity (Wildman–Crippen MR) is 104 cm³/mol. The van der Waals surface area contributed by atoms with Crippen LogP contribution in [0.5, 0.6) is 0 Å². The molecule has 0 aliphatic heterocycles. The highest BCUT2D eigenvalue weighted by Gasteiger charge is 2.43. The van der Waals surface area contributed by atoms with Crippen LogP contribution >= 0.6 is 7.26 Å². The second-order valence-corrected chi connectivity index (χ2v) is 11.9. The molecule has 136 valence electrons. The van der Waals surface area contributed by atoms with Gasteiger partial charge >= 0.3 is 0 Å². The molecule has 3 heteroatoms. The topological polar surface area (TPSA) is 40.1 Å². The van der Waals surface area contributed by atoms with Gasteiger partial charge in [-0.2, -0.15) is 0 Å². The summed E-state index contributed by atoms with van der Waals surface area (Å²) >= 11 is 0. The van der Waals surface area contributed by atoms with Crippen molar-refractivity contribution >= 4 is 13.0 Å². The van der Waals surface area contributed by atoms with Gasteiger partial charge in [0.1, 0.15) is 5.66 Å². The van der Waals surface area contributed by atoms with Crippen molar-refractivity contribution in [2.24, 2.45) is 0 Å². The van der Waals surface area contributed by atoms with E-state index in [0.29, 0.717) is 5.78 Å². The highest BCUT2D eigenvalue weighted by Crippen LogP contribution is 2.63. The number of Topliss-reactive ketones (excluding diaryl/α,β-unsaturated/α-hetero) is 1. The maximum atomic E-state index is 12.4. The summed E-state index contributed by atoms with van der Waals surface area (Å²) in [4.78, 5) is 12.4. The Bertz CT molecular complexity index is 335. The fourth-order valence-electron chi connectivity index (χ4n) is 3.48. The summed E-state index contributed by atoms with van der Waals surface area (Å²) < 4.78 is 0. The maximum Gasteiger partial charge on any atom is 0.197 e. The largest absolute Gasteiger partial charge is 0.854 e. The average Bonchev–Trinajstić information content (AvgIpc) is 2.56. The van der Waals surface area contributed by atoms with E-state index in [2.05, 4.69) is 27.4 Å². The number of carbonyl (C=O) groups is 1. The van der Waals surface area contributed by atoms with E-state index in [-0.39, 0.29) is 12.3 Å². The van der Waals surface area contributed by atoms with Gasteiger partial charge in [0.25, 0.3) is 0 Å². The first-order valence-corrected chi connectivity index (χ1v) is 12.0. The minimum atomic E-state index is -1.17. The Kier molecular flexibility index (Phi) is 13.0. The number of hydrogen-bond donors (Lipinski definition) is 0. The molecule has 0 aromatic heterocycles. The van der Waals surface area contributed by atoms with Crippen molar-refractivity contribution < 1.29 is 9.90 Å². The predicted octanol–water partition coefficient (Wildman–Crippen LogP) is 5.06.